The van der Waals surface area contributed by atoms with Crippen molar-refractivity contribution in [3.63, 3.8) is 0 Å². The molecule has 27 heavy (non-hydrogen) atoms. The second kappa shape index (κ2) is 7.42. The van der Waals surface area contributed by atoms with Gasteiger partial charge in [0.05, 0.1) is 0 Å². The second-order valence-electron chi connectivity index (χ2n) is 7.29. The molecule has 4 amide bonds. The van der Waals surface area contributed by atoms with Gasteiger partial charge in [-0.15, -0.1) is 0 Å². The van der Waals surface area contributed by atoms with E-state index >= 15 is 0 Å². The average molecular weight is 368 g/mol. The van der Waals surface area contributed by atoms with E-state index in [0.717, 1.165) is 47.0 Å². The molecule has 4 rings (SSSR count). The van der Waals surface area contributed by atoms with Gasteiger partial charge in [0.15, 0.2) is 0 Å². The minimum Gasteiger partial charge on any atom is -0.361 e. The van der Waals surface area contributed by atoms with Crippen molar-refractivity contribution < 1.29 is 14.4 Å². The number of carbonyl (C=O) groups is 3. The van der Waals surface area contributed by atoms with Gasteiger partial charge in [-0.3, -0.25) is 14.5 Å². The summed E-state index contributed by atoms with van der Waals surface area (Å²) in [5.74, 6) is -0.471. The number of para-hydroxylation sites is 1. The average Bonchev–Trinajstić information content (AvgIpc) is 3.04. The monoisotopic (exact) mass is 368 g/mol. The number of aromatic nitrogens is 1. The number of nitrogens with one attached hydrogen (secondary N) is 2. The van der Waals surface area contributed by atoms with E-state index in [4.69, 9.17) is 0 Å². The molecule has 1 aromatic carbocycles. The summed E-state index contributed by atoms with van der Waals surface area (Å²) in [6, 6.07) is 6.74. The van der Waals surface area contributed by atoms with Crippen molar-refractivity contribution in [2.75, 3.05) is 19.6 Å². The molecule has 2 aliphatic heterocycles. The first kappa shape index (κ1) is 17.6. The van der Waals surface area contributed by atoms with Crippen LogP contribution in [0.2, 0.25) is 0 Å². The van der Waals surface area contributed by atoms with E-state index in [1.807, 2.05) is 30.5 Å². The van der Waals surface area contributed by atoms with Crippen LogP contribution in [0.4, 0.5) is 4.79 Å². The molecule has 0 radical (unpaired) electrons. The Morgan fingerprint density at radius 1 is 1.07 bits per heavy atom. The van der Waals surface area contributed by atoms with Gasteiger partial charge in [-0.25, -0.2) is 4.79 Å². The smallest absolute Gasteiger partial charge is 0.325 e. The molecule has 2 aromatic rings. The number of amides is 4. The number of rotatable bonds is 4. The molecule has 1 atom stereocenters. The molecule has 0 spiro atoms. The quantitative estimate of drug-likeness (QED) is 0.810. The molecule has 0 saturated carbocycles. The Bertz CT molecular complexity index is 867. The van der Waals surface area contributed by atoms with Gasteiger partial charge in [-0.1, -0.05) is 31.0 Å². The van der Waals surface area contributed by atoms with Crippen LogP contribution < -0.4 is 5.32 Å². The first-order valence-corrected chi connectivity index (χ1v) is 9.58. The SMILES string of the molecule is O=C(CN1C(=O)NC(Cc2c[nH]c3ccccc23)C1=O)N1CCCCCC1. The number of imide groups is 1. The number of hydrogen-bond acceptors (Lipinski definition) is 3. The maximum atomic E-state index is 12.7. The van der Waals surface area contributed by atoms with Gasteiger partial charge >= 0.3 is 6.03 Å². The summed E-state index contributed by atoms with van der Waals surface area (Å²) in [6.07, 6.45) is 6.49. The zero-order valence-electron chi connectivity index (χ0n) is 15.2. The number of carbonyl (C=O) groups excluding carboxylic acids is 3. The highest BCUT2D eigenvalue weighted by molar-refractivity contribution is 6.06. The molecular weight excluding hydrogens is 344 g/mol. The summed E-state index contributed by atoms with van der Waals surface area (Å²) in [6.45, 7) is 1.25. The van der Waals surface area contributed by atoms with Crippen molar-refractivity contribution in [3.8, 4) is 0 Å². The Morgan fingerprint density at radius 2 is 1.81 bits per heavy atom. The van der Waals surface area contributed by atoms with E-state index < -0.39 is 12.1 Å². The Hall–Kier alpha value is -2.83. The van der Waals surface area contributed by atoms with E-state index in [2.05, 4.69) is 10.3 Å². The molecule has 7 nitrogen and oxygen atoms in total. The summed E-state index contributed by atoms with van der Waals surface area (Å²) in [7, 11) is 0. The van der Waals surface area contributed by atoms with E-state index in [1.165, 1.54) is 0 Å². The maximum Gasteiger partial charge on any atom is 0.325 e. The third-order valence-corrected chi connectivity index (χ3v) is 5.46. The lowest BCUT2D eigenvalue weighted by Gasteiger charge is -2.22. The molecular formula is C20H24N4O3. The molecule has 2 saturated heterocycles. The summed E-state index contributed by atoms with van der Waals surface area (Å²) in [5, 5.41) is 3.77. The zero-order chi connectivity index (χ0) is 18.8. The third-order valence-electron chi connectivity index (χ3n) is 5.46. The van der Waals surface area contributed by atoms with Gasteiger partial charge in [0.2, 0.25) is 5.91 Å². The molecule has 3 heterocycles. The molecule has 142 valence electrons. The minimum atomic E-state index is -0.631. The van der Waals surface area contributed by atoms with Crippen molar-refractivity contribution in [2.45, 2.75) is 38.1 Å². The van der Waals surface area contributed by atoms with Crippen molar-refractivity contribution in [1.82, 2.24) is 20.1 Å². The van der Waals surface area contributed by atoms with Crippen LogP contribution in [0.3, 0.4) is 0 Å². The predicted molar refractivity (Wildman–Crippen MR) is 101 cm³/mol. The number of likely N-dealkylation sites (tertiary alicyclic amines) is 1. The summed E-state index contributed by atoms with van der Waals surface area (Å²) in [4.78, 5) is 43.6. The van der Waals surface area contributed by atoms with Crippen LogP contribution in [0.5, 0.6) is 0 Å². The van der Waals surface area contributed by atoms with E-state index in [-0.39, 0.29) is 18.4 Å². The number of benzene rings is 1. The van der Waals surface area contributed by atoms with Crippen LogP contribution >= 0.6 is 0 Å². The van der Waals surface area contributed by atoms with Crippen LogP contribution in [0.15, 0.2) is 30.5 Å². The van der Waals surface area contributed by atoms with E-state index in [1.54, 1.807) is 4.90 Å². The Labute approximate surface area is 157 Å². The van der Waals surface area contributed by atoms with Crippen LogP contribution in [-0.4, -0.2) is 58.3 Å². The molecule has 2 aliphatic rings. The van der Waals surface area contributed by atoms with Gasteiger partial charge in [0.1, 0.15) is 12.6 Å². The lowest BCUT2D eigenvalue weighted by atomic mass is 10.1. The van der Waals surface area contributed by atoms with Crippen molar-refractivity contribution >= 4 is 28.7 Å². The molecule has 0 bridgehead atoms. The number of fused-ring (bicyclic) bond motifs is 1. The van der Waals surface area contributed by atoms with Crippen LogP contribution in [0.1, 0.15) is 31.2 Å². The van der Waals surface area contributed by atoms with Gasteiger partial charge in [-0.05, 0) is 24.5 Å². The second-order valence-corrected chi connectivity index (χ2v) is 7.29. The molecule has 2 N–H and O–H groups in total. The summed E-state index contributed by atoms with van der Waals surface area (Å²) >= 11 is 0. The fourth-order valence-electron chi connectivity index (χ4n) is 3.94. The van der Waals surface area contributed by atoms with Gasteiger partial charge in [-0.2, -0.15) is 0 Å². The fraction of sp³-hybridized carbons (Fsp3) is 0.450. The van der Waals surface area contributed by atoms with Crippen LogP contribution in [0, 0.1) is 0 Å². The molecule has 2 fully saturated rings. The normalized spacial score (nSPS) is 20.8. The Balaban J connectivity index is 1.43. The fourth-order valence-corrected chi connectivity index (χ4v) is 3.94. The lowest BCUT2D eigenvalue weighted by molar-refractivity contribution is -0.137. The minimum absolute atomic E-state index is 0.145. The molecule has 1 unspecified atom stereocenters. The number of hydrogen-bond donors (Lipinski definition) is 2. The third kappa shape index (κ3) is 3.54. The van der Waals surface area contributed by atoms with Crippen LogP contribution in [0.25, 0.3) is 10.9 Å². The Kier molecular flexibility index (Phi) is 4.83. The highest BCUT2D eigenvalue weighted by atomic mass is 16.2. The van der Waals surface area contributed by atoms with Crippen molar-refractivity contribution in [2.24, 2.45) is 0 Å². The van der Waals surface area contributed by atoms with Gasteiger partial charge in [0, 0.05) is 36.6 Å². The molecule has 1 aromatic heterocycles. The van der Waals surface area contributed by atoms with Crippen molar-refractivity contribution in [1.29, 1.82) is 0 Å². The lowest BCUT2D eigenvalue weighted by Crippen LogP contribution is -2.43. The number of aromatic amines is 1. The first-order chi connectivity index (χ1) is 13.1. The van der Waals surface area contributed by atoms with E-state index in [9.17, 15) is 14.4 Å². The number of nitrogens with zero attached hydrogens (tertiary/aromatic N) is 2. The molecule has 0 aliphatic carbocycles. The van der Waals surface area contributed by atoms with Gasteiger partial charge in [0.25, 0.3) is 5.91 Å². The topological polar surface area (TPSA) is 85.5 Å². The van der Waals surface area contributed by atoms with Crippen molar-refractivity contribution in [3.05, 3.63) is 36.0 Å². The van der Waals surface area contributed by atoms with Crippen LogP contribution in [-0.2, 0) is 16.0 Å². The maximum absolute atomic E-state index is 12.7. The zero-order valence-corrected chi connectivity index (χ0v) is 15.2. The highest BCUT2D eigenvalue weighted by Crippen LogP contribution is 2.21. The number of urea groups is 1. The Morgan fingerprint density at radius 3 is 2.59 bits per heavy atom. The van der Waals surface area contributed by atoms with Gasteiger partial charge < -0.3 is 15.2 Å². The highest BCUT2D eigenvalue weighted by Gasteiger charge is 2.39. The van der Waals surface area contributed by atoms with E-state index in [0.29, 0.717) is 19.5 Å². The predicted octanol–water partition coefficient (Wildman–Crippen LogP) is 2.03. The number of H-pyrrole nitrogens is 1. The molecule has 7 heteroatoms. The summed E-state index contributed by atoms with van der Waals surface area (Å²) in [5.41, 5.74) is 1.97. The largest absolute Gasteiger partial charge is 0.361 e. The standard InChI is InChI=1S/C20H24N4O3/c25-18(23-9-5-1-2-6-10-23)13-24-19(26)17(22-20(24)27)11-14-12-21-16-8-4-3-7-15(14)16/h3-4,7-8,12,17,21H,1-2,5-6,9-11,13H2,(H,22,27). The first-order valence-electron chi connectivity index (χ1n) is 9.58. The summed E-state index contributed by atoms with van der Waals surface area (Å²) < 4.78 is 0.